The lowest BCUT2D eigenvalue weighted by molar-refractivity contribution is 0.102. The Kier molecular flexibility index (Phi) is 9.53. The van der Waals surface area contributed by atoms with Crippen LogP contribution in [0.5, 0.6) is 17.2 Å². The highest BCUT2D eigenvalue weighted by Crippen LogP contribution is 2.39. The summed E-state index contributed by atoms with van der Waals surface area (Å²) in [5.41, 5.74) is 5.54. The van der Waals surface area contributed by atoms with E-state index in [4.69, 9.17) is 31.5 Å². The summed E-state index contributed by atoms with van der Waals surface area (Å²) in [5, 5.41) is 7.33. The molecule has 0 spiro atoms. The number of fused-ring (bicyclic) bond motifs is 1. The number of benzene rings is 3. The number of methoxy groups -OCH3 is 2. The van der Waals surface area contributed by atoms with E-state index in [0.29, 0.717) is 16.9 Å². The summed E-state index contributed by atoms with van der Waals surface area (Å²) in [4.78, 5) is 30.8. The van der Waals surface area contributed by atoms with Gasteiger partial charge in [-0.25, -0.2) is 22.6 Å². The van der Waals surface area contributed by atoms with Gasteiger partial charge in [0.1, 0.15) is 21.7 Å². The molecule has 0 bridgehead atoms. The van der Waals surface area contributed by atoms with E-state index in [1.165, 1.54) is 44.8 Å². The summed E-state index contributed by atoms with van der Waals surface area (Å²) in [5.74, 6) is -1.43. The second-order valence-corrected chi connectivity index (χ2v) is 14.8. The van der Waals surface area contributed by atoms with Crippen molar-refractivity contribution in [1.82, 2.24) is 14.9 Å². The zero-order valence-electron chi connectivity index (χ0n) is 26.3. The number of ether oxygens (including phenoxy) is 3. The summed E-state index contributed by atoms with van der Waals surface area (Å²) in [6.07, 6.45) is 1.44. The average Bonchev–Trinajstić information content (AvgIpc) is 3.63. The lowest BCUT2D eigenvalue weighted by atomic mass is 9.85. The van der Waals surface area contributed by atoms with Crippen molar-refractivity contribution >= 4 is 66.7 Å². The molecule has 17 heteroatoms. The first-order valence-corrected chi connectivity index (χ1v) is 16.9. The zero-order valence-corrected chi connectivity index (χ0v) is 28.7. The number of rotatable bonds is 10. The first-order chi connectivity index (χ1) is 22.6. The van der Waals surface area contributed by atoms with Gasteiger partial charge in [-0.05, 0) is 35.2 Å². The fourth-order valence-electron chi connectivity index (χ4n) is 4.93. The third-order valence-electron chi connectivity index (χ3n) is 7.06. The number of halogens is 2. The smallest absolute Gasteiger partial charge is 0.410 e. The molecule has 5 rings (SSSR count). The summed E-state index contributed by atoms with van der Waals surface area (Å²) in [6.45, 7) is 5.37. The Balaban J connectivity index is 1.60. The number of thiazole rings is 1. The van der Waals surface area contributed by atoms with Crippen molar-refractivity contribution in [1.29, 1.82) is 0 Å². The Morgan fingerprint density at radius 3 is 2.46 bits per heavy atom. The standard InChI is InChI=1S/C31H30ClFN6O7S2/c1-31(2,3)22-11-18(33)12-25(46-29(34)41)27(22)37-28(40)20-7-6-8-23-21(20)14-36-38(23)39(30-35-15-26(32)47-30)48(42,43)16-17-9-10-19(44-4)13-24(17)45-5/h6-15H,16H2,1-5H3,(H2,34,41)(H,37,40). The number of anilines is 2. The predicted molar refractivity (Wildman–Crippen MR) is 180 cm³/mol. The molecule has 5 aromatic rings. The number of nitrogens with one attached hydrogen (secondary N) is 1. The number of amides is 2. The Hall–Kier alpha value is -4.93. The quantitative estimate of drug-likeness (QED) is 0.173. The van der Waals surface area contributed by atoms with Crippen LogP contribution < -0.4 is 29.7 Å². The average molecular weight is 717 g/mol. The van der Waals surface area contributed by atoms with E-state index in [2.05, 4.69) is 15.4 Å². The molecule has 48 heavy (non-hydrogen) atoms. The fourth-order valence-corrected chi connectivity index (χ4v) is 7.59. The Morgan fingerprint density at radius 1 is 1.08 bits per heavy atom. The number of nitrogens with zero attached hydrogens (tertiary/aromatic N) is 4. The number of sulfonamides is 1. The molecule has 0 aliphatic rings. The van der Waals surface area contributed by atoms with Gasteiger partial charge in [0.15, 0.2) is 5.75 Å². The topological polar surface area (TPSA) is 168 Å². The molecule has 3 N–H and O–H groups in total. The number of nitrogens with two attached hydrogens (primary N) is 1. The van der Waals surface area contributed by atoms with Crippen molar-refractivity contribution in [3.05, 3.63) is 87.8 Å². The largest absolute Gasteiger partial charge is 0.497 e. The van der Waals surface area contributed by atoms with Crippen molar-refractivity contribution < 1.29 is 36.6 Å². The minimum Gasteiger partial charge on any atom is -0.497 e. The molecule has 13 nitrogen and oxygen atoms in total. The van der Waals surface area contributed by atoms with Gasteiger partial charge in [0, 0.05) is 23.1 Å². The van der Waals surface area contributed by atoms with Crippen molar-refractivity contribution in [3.8, 4) is 17.2 Å². The van der Waals surface area contributed by atoms with Gasteiger partial charge in [-0.15, -0.1) is 4.41 Å². The van der Waals surface area contributed by atoms with Gasteiger partial charge in [-0.3, -0.25) is 4.79 Å². The van der Waals surface area contributed by atoms with Crippen molar-refractivity contribution in [2.75, 3.05) is 24.0 Å². The van der Waals surface area contributed by atoms with Crippen LogP contribution in [0.3, 0.4) is 0 Å². The highest BCUT2D eigenvalue weighted by atomic mass is 35.5. The molecule has 0 unspecified atom stereocenters. The maximum Gasteiger partial charge on any atom is 0.410 e. The van der Waals surface area contributed by atoms with Crippen molar-refractivity contribution in [3.63, 3.8) is 0 Å². The summed E-state index contributed by atoms with van der Waals surface area (Å²) in [6, 6.07) is 11.5. The van der Waals surface area contributed by atoms with E-state index >= 15 is 0 Å². The zero-order chi connectivity index (χ0) is 35.0. The van der Waals surface area contributed by atoms with Gasteiger partial charge in [-0.2, -0.15) is 9.89 Å². The molecule has 252 valence electrons. The maximum absolute atomic E-state index is 14.6. The van der Waals surface area contributed by atoms with E-state index in [0.717, 1.165) is 26.6 Å². The minimum absolute atomic E-state index is 0.0123. The van der Waals surface area contributed by atoms with E-state index in [1.54, 1.807) is 45.0 Å². The maximum atomic E-state index is 14.6. The second-order valence-electron chi connectivity index (χ2n) is 11.3. The van der Waals surface area contributed by atoms with Crippen molar-refractivity contribution in [2.45, 2.75) is 31.9 Å². The van der Waals surface area contributed by atoms with Crippen LogP contribution in [-0.4, -0.2) is 49.5 Å². The van der Waals surface area contributed by atoms with E-state index in [1.807, 2.05) is 0 Å². The molecule has 0 radical (unpaired) electrons. The molecule has 2 aromatic heterocycles. The molecule has 0 saturated carbocycles. The Bertz CT molecular complexity index is 2150. The molecule has 0 aliphatic heterocycles. The highest BCUT2D eigenvalue weighted by Gasteiger charge is 2.32. The van der Waals surface area contributed by atoms with E-state index in [9.17, 15) is 22.4 Å². The van der Waals surface area contributed by atoms with E-state index in [-0.39, 0.29) is 43.1 Å². The third-order valence-corrected chi connectivity index (χ3v) is 9.80. The first kappa shape index (κ1) is 34.4. The van der Waals surface area contributed by atoms with Crippen LogP contribution in [-0.2, 0) is 21.2 Å². The first-order valence-electron chi connectivity index (χ1n) is 14.1. The minimum atomic E-state index is -4.30. The Labute approximate surface area is 284 Å². The van der Waals surface area contributed by atoms with Gasteiger partial charge in [0.25, 0.3) is 15.9 Å². The van der Waals surface area contributed by atoms with Crippen LogP contribution in [0.4, 0.5) is 20.0 Å². The van der Waals surface area contributed by atoms with Crippen LogP contribution in [0, 0.1) is 5.82 Å². The lowest BCUT2D eigenvalue weighted by Gasteiger charge is -2.25. The van der Waals surface area contributed by atoms with Crippen LogP contribution in [0.1, 0.15) is 42.3 Å². The predicted octanol–water partition coefficient (Wildman–Crippen LogP) is 6.11. The fraction of sp³-hybridized carbons (Fsp3) is 0.226. The molecule has 0 atom stereocenters. The highest BCUT2D eigenvalue weighted by molar-refractivity contribution is 7.92. The molecule has 3 aromatic carbocycles. The molecule has 2 heterocycles. The molecular weight excluding hydrogens is 687 g/mol. The summed E-state index contributed by atoms with van der Waals surface area (Å²) in [7, 11) is -1.41. The SMILES string of the molecule is COc1ccc(CS(=O)(=O)N(c2ncc(Cl)s2)n2ncc3c(C(=O)Nc4c(OC(N)=O)cc(F)cc4C(C)(C)C)cccc32)c(OC)c1. The number of primary amides is 1. The number of carbonyl (C=O) groups is 2. The number of hydrogen-bond donors (Lipinski definition) is 2. The van der Waals surface area contributed by atoms with E-state index < -0.39 is 39.0 Å². The molecule has 2 amide bonds. The van der Waals surface area contributed by atoms with Gasteiger partial charge < -0.3 is 25.3 Å². The molecule has 0 aliphatic carbocycles. The number of aromatic nitrogens is 3. The van der Waals surface area contributed by atoms with Gasteiger partial charge >= 0.3 is 6.09 Å². The van der Waals surface area contributed by atoms with Crippen molar-refractivity contribution in [2.24, 2.45) is 5.73 Å². The Morgan fingerprint density at radius 2 is 1.83 bits per heavy atom. The normalized spacial score (nSPS) is 11.7. The van der Waals surface area contributed by atoms with Gasteiger partial charge in [0.05, 0.1) is 49.1 Å². The number of hydrogen-bond acceptors (Lipinski definition) is 10. The summed E-state index contributed by atoms with van der Waals surface area (Å²) >= 11 is 7.08. The molecule has 0 fully saturated rings. The lowest BCUT2D eigenvalue weighted by Crippen LogP contribution is -2.37. The van der Waals surface area contributed by atoms with Crippen LogP contribution in [0.25, 0.3) is 10.9 Å². The molecule has 0 saturated heterocycles. The summed E-state index contributed by atoms with van der Waals surface area (Å²) < 4.78 is 59.7. The van der Waals surface area contributed by atoms with Gasteiger partial charge in [-0.1, -0.05) is 55.8 Å². The number of carbonyl (C=O) groups excluding carboxylic acids is 2. The van der Waals surface area contributed by atoms with Crippen LogP contribution in [0.2, 0.25) is 4.34 Å². The van der Waals surface area contributed by atoms with Crippen LogP contribution in [0.15, 0.2) is 60.9 Å². The third kappa shape index (κ3) is 7.00. The van der Waals surface area contributed by atoms with Gasteiger partial charge in [0.2, 0.25) is 5.13 Å². The molecular formula is C31H30ClFN6O7S2. The second kappa shape index (κ2) is 13.3. The van der Waals surface area contributed by atoms with Crippen LogP contribution >= 0.6 is 22.9 Å². The monoisotopic (exact) mass is 716 g/mol.